The van der Waals surface area contributed by atoms with E-state index in [0.29, 0.717) is 11.3 Å². The molecule has 0 aliphatic heterocycles. The maximum atomic E-state index is 12.1. The van der Waals surface area contributed by atoms with E-state index in [1.54, 1.807) is 18.8 Å². The molecule has 1 aliphatic rings. The molecule has 7 heteroatoms. The molecule has 0 heterocycles. The number of halogens is 1. The van der Waals surface area contributed by atoms with Gasteiger partial charge in [-0.15, -0.1) is 35.7 Å². The van der Waals surface area contributed by atoms with Gasteiger partial charge in [0, 0.05) is 46.3 Å². The molecule has 1 saturated carbocycles. The van der Waals surface area contributed by atoms with Crippen LogP contribution in [-0.4, -0.2) is 40.5 Å². The minimum atomic E-state index is -0.690. The molecule has 0 saturated heterocycles. The van der Waals surface area contributed by atoms with E-state index in [1.165, 1.54) is 10.5 Å². The molecule has 0 aromatic heterocycles. The summed E-state index contributed by atoms with van der Waals surface area (Å²) in [5.41, 5.74) is 1.24. The highest BCUT2D eigenvalue weighted by Crippen LogP contribution is 2.23. The van der Waals surface area contributed by atoms with Gasteiger partial charge in [-0.25, -0.2) is 0 Å². The van der Waals surface area contributed by atoms with E-state index < -0.39 is 10.8 Å². The van der Waals surface area contributed by atoms with Crippen molar-refractivity contribution in [2.75, 3.05) is 19.1 Å². The first-order chi connectivity index (χ1) is 11.7. The van der Waals surface area contributed by atoms with Crippen molar-refractivity contribution in [2.24, 2.45) is 4.99 Å². The van der Waals surface area contributed by atoms with Gasteiger partial charge in [0.05, 0.1) is 0 Å². The number of rotatable bonds is 6. The standard InChI is InChI=1S/C18H29N3OS2.HI/c1-4-24(22)17-7-5-6-15(12-17)21-18(19-2)20-13-14-8-10-16(23-3)11-9-14;/h8-11,15,17H,4-7,12-13H2,1-3H3,(H2,19,20,21);1H. The molecule has 4 nitrogen and oxygen atoms in total. The van der Waals surface area contributed by atoms with Crippen LogP contribution in [0.5, 0.6) is 0 Å². The Morgan fingerprint density at radius 2 is 2.04 bits per heavy atom. The van der Waals surface area contributed by atoms with Gasteiger partial charge in [-0.1, -0.05) is 25.5 Å². The van der Waals surface area contributed by atoms with Gasteiger partial charge in [-0.3, -0.25) is 9.20 Å². The SMILES string of the molecule is CCS(=O)C1CCCC(NC(=NC)NCc2ccc(SC)cc2)C1.I. The van der Waals surface area contributed by atoms with Crippen LogP contribution in [0.15, 0.2) is 34.2 Å². The molecule has 142 valence electrons. The van der Waals surface area contributed by atoms with Crippen molar-refractivity contribution >= 4 is 52.5 Å². The van der Waals surface area contributed by atoms with Crippen molar-refractivity contribution in [1.29, 1.82) is 0 Å². The van der Waals surface area contributed by atoms with Crippen molar-refractivity contribution < 1.29 is 4.21 Å². The lowest BCUT2D eigenvalue weighted by molar-refractivity contribution is 0.413. The third-order valence-electron chi connectivity index (χ3n) is 4.47. The Labute approximate surface area is 175 Å². The fourth-order valence-corrected chi connectivity index (χ4v) is 4.82. The number of aliphatic imine (C=N–C) groups is 1. The first-order valence-corrected chi connectivity index (χ1v) is 11.2. The number of hydrogen-bond acceptors (Lipinski definition) is 3. The van der Waals surface area contributed by atoms with E-state index in [1.807, 2.05) is 6.92 Å². The molecule has 25 heavy (non-hydrogen) atoms. The average Bonchev–Trinajstić information content (AvgIpc) is 2.65. The minimum Gasteiger partial charge on any atom is -0.354 e. The number of guanidine groups is 1. The molecule has 0 bridgehead atoms. The zero-order valence-electron chi connectivity index (χ0n) is 15.3. The summed E-state index contributed by atoms with van der Waals surface area (Å²) in [6.07, 6.45) is 6.42. The lowest BCUT2D eigenvalue weighted by Crippen LogP contribution is -2.46. The summed E-state index contributed by atoms with van der Waals surface area (Å²) >= 11 is 1.75. The van der Waals surface area contributed by atoms with Crippen LogP contribution in [0.1, 0.15) is 38.2 Å². The first-order valence-electron chi connectivity index (χ1n) is 8.63. The summed E-state index contributed by atoms with van der Waals surface area (Å²) in [4.78, 5) is 5.61. The molecule has 0 radical (unpaired) electrons. The third kappa shape index (κ3) is 7.46. The second-order valence-corrected chi connectivity index (χ2v) is 8.96. The van der Waals surface area contributed by atoms with Gasteiger partial charge in [-0.2, -0.15) is 0 Å². The van der Waals surface area contributed by atoms with Crippen LogP contribution < -0.4 is 10.6 Å². The first kappa shape index (κ1) is 22.8. The maximum absolute atomic E-state index is 12.1. The lowest BCUT2D eigenvalue weighted by atomic mass is 9.95. The van der Waals surface area contributed by atoms with Crippen LogP contribution in [0.4, 0.5) is 0 Å². The summed E-state index contributed by atoms with van der Waals surface area (Å²) in [7, 11) is 1.11. The predicted molar refractivity (Wildman–Crippen MR) is 122 cm³/mol. The van der Waals surface area contributed by atoms with Crippen molar-refractivity contribution in [1.82, 2.24) is 10.6 Å². The summed E-state index contributed by atoms with van der Waals surface area (Å²) in [5.74, 6) is 1.59. The zero-order chi connectivity index (χ0) is 17.4. The molecule has 1 fully saturated rings. The molecule has 3 atom stereocenters. The van der Waals surface area contributed by atoms with Crippen LogP contribution in [0.25, 0.3) is 0 Å². The lowest BCUT2D eigenvalue weighted by Gasteiger charge is -2.30. The summed E-state index contributed by atoms with van der Waals surface area (Å²) in [5, 5.41) is 7.22. The van der Waals surface area contributed by atoms with Gasteiger partial charge in [0.2, 0.25) is 0 Å². The van der Waals surface area contributed by atoms with Crippen molar-refractivity contribution in [3.63, 3.8) is 0 Å². The quantitative estimate of drug-likeness (QED) is 0.273. The van der Waals surface area contributed by atoms with Crippen LogP contribution in [-0.2, 0) is 17.3 Å². The highest BCUT2D eigenvalue weighted by atomic mass is 127. The molecule has 3 unspecified atom stereocenters. The fraction of sp³-hybridized carbons (Fsp3) is 0.611. The zero-order valence-corrected chi connectivity index (χ0v) is 19.3. The monoisotopic (exact) mass is 495 g/mol. The second-order valence-electron chi connectivity index (χ2n) is 6.07. The largest absolute Gasteiger partial charge is 0.354 e. The Kier molecular flexibility index (Phi) is 11.1. The maximum Gasteiger partial charge on any atom is 0.191 e. The van der Waals surface area contributed by atoms with Crippen LogP contribution in [0.2, 0.25) is 0 Å². The molecule has 0 amide bonds. The highest BCUT2D eigenvalue weighted by Gasteiger charge is 2.25. The van der Waals surface area contributed by atoms with Gasteiger partial charge in [0.1, 0.15) is 0 Å². The minimum absolute atomic E-state index is 0. The number of nitrogens with one attached hydrogen (secondary N) is 2. The Morgan fingerprint density at radius 3 is 2.64 bits per heavy atom. The molecule has 1 aromatic carbocycles. The fourth-order valence-electron chi connectivity index (χ4n) is 3.07. The molecule has 2 rings (SSSR count). The molecule has 1 aliphatic carbocycles. The second kappa shape index (κ2) is 12.2. The van der Waals surface area contributed by atoms with Gasteiger partial charge >= 0.3 is 0 Å². The average molecular weight is 495 g/mol. The molecule has 0 spiro atoms. The molecular formula is C18H30IN3OS2. The van der Waals surface area contributed by atoms with E-state index in [4.69, 9.17) is 0 Å². The topological polar surface area (TPSA) is 53.5 Å². The molecule has 2 N–H and O–H groups in total. The van der Waals surface area contributed by atoms with E-state index in [-0.39, 0.29) is 24.0 Å². The normalized spacial score (nSPS) is 22.0. The van der Waals surface area contributed by atoms with Gasteiger partial charge in [0.25, 0.3) is 0 Å². The molecular weight excluding hydrogens is 465 g/mol. The number of hydrogen-bond donors (Lipinski definition) is 2. The smallest absolute Gasteiger partial charge is 0.191 e. The Hall–Kier alpha value is -0.280. The Balaban J connectivity index is 0.00000312. The highest BCUT2D eigenvalue weighted by molar-refractivity contribution is 14.0. The predicted octanol–water partition coefficient (Wildman–Crippen LogP) is 3.77. The van der Waals surface area contributed by atoms with Gasteiger partial charge in [0.15, 0.2) is 5.96 Å². The molecule has 1 aromatic rings. The van der Waals surface area contributed by atoms with E-state index in [2.05, 4.69) is 46.1 Å². The van der Waals surface area contributed by atoms with Gasteiger partial charge < -0.3 is 10.6 Å². The van der Waals surface area contributed by atoms with Crippen molar-refractivity contribution in [3.8, 4) is 0 Å². The van der Waals surface area contributed by atoms with Crippen LogP contribution in [0.3, 0.4) is 0 Å². The van der Waals surface area contributed by atoms with E-state index in [0.717, 1.165) is 43.9 Å². The van der Waals surface area contributed by atoms with Crippen molar-refractivity contribution in [3.05, 3.63) is 29.8 Å². The Morgan fingerprint density at radius 1 is 1.32 bits per heavy atom. The number of thioether (sulfide) groups is 1. The summed E-state index contributed by atoms with van der Waals surface area (Å²) < 4.78 is 12.1. The van der Waals surface area contributed by atoms with E-state index >= 15 is 0 Å². The number of nitrogens with zero attached hydrogens (tertiary/aromatic N) is 1. The summed E-state index contributed by atoms with van der Waals surface area (Å²) in [6.45, 7) is 2.77. The van der Waals surface area contributed by atoms with Crippen molar-refractivity contribution in [2.45, 2.75) is 55.3 Å². The summed E-state index contributed by atoms with van der Waals surface area (Å²) in [6, 6.07) is 8.94. The van der Waals surface area contributed by atoms with E-state index in [9.17, 15) is 4.21 Å². The third-order valence-corrected chi connectivity index (χ3v) is 6.95. The van der Waals surface area contributed by atoms with Gasteiger partial charge in [-0.05, 0) is 43.2 Å². The van der Waals surface area contributed by atoms with Crippen LogP contribution >= 0.6 is 35.7 Å². The van der Waals surface area contributed by atoms with Crippen LogP contribution in [0, 0.1) is 0 Å². The Bertz CT molecular complexity index is 566. The number of benzene rings is 1.